The van der Waals surface area contributed by atoms with Gasteiger partial charge in [-0.3, -0.25) is 4.79 Å². The minimum atomic E-state index is -1.32. The molecule has 122 valence electrons. The lowest BCUT2D eigenvalue weighted by Crippen LogP contribution is -2.21. The number of nitrogens with zero attached hydrogens (tertiary/aromatic N) is 1. The van der Waals surface area contributed by atoms with Crippen molar-refractivity contribution in [3.63, 3.8) is 0 Å². The van der Waals surface area contributed by atoms with Crippen LogP contribution in [0.4, 0.5) is 0 Å². The number of H-pyrrole nitrogens is 1. The Morgan fingerprint density at radius 3 is 2.58 bits per heavy atom. The molecule has 24 heavy (non-hydrogen) atoms. The van der Waals surface area contributed by atoms with Gasteiger partial charge in [0.05, 0.1) is 21.3 Å². The van der Waals surface area contributed by atoms with Gasteiger partial charge in [-0.2, -0.15) is 0 Å². The molecule has 5 nitrogen and oxygen atoms in total. The van der Waals surface area contributed by atoms with Crippen molar-refractivity contribution in [2.24, 2.45) is 0 Å². The number of carbonyl (C=O) groups is 1. The van der Waals surface area contributed by atoms with E-state index >= 15 is 0 Å². The van der Waals surface area contributed by atoms with Crippen LogP contribution in [-0.4, -0.2) is 15.9 Å². The topological polar surface area (TPSA) is 85.9 Å². The first-order valence-corrected chi connectivity index (χ1v) is 8.25. The first-order valence-electron chi connectivity index (χ1n) is 7.06. The first kappa shape index (κ1) is 16.4. The summed E-state index contributed by atoms with van der Waals surface area (Å²) in [5.41, 5.74) is 1.92. The molecule has 0 saturated heterocycles. The number of carboxylic acids is 1. The van der Waals surface area contributed by atoms with Gasteiger partial charge in [-0.1, -0.05) is 41.4 Å². The van der Waals surface area contributed by atoms with Crippen LogP contribution in [0.15, 0.2) is 29.1 Å². The van der Waals surface area contributed by atoms with E-state index in [0.717, 1.165) is 22.5 Å². The maximum Gasteiger partial charge on any atom is 0.260 e. The van der Waals surface area contributed by atoms with Crippen LogP contribution >= 0.6 is 22.9 Å². The molecule has 0 saturated carbocycles. The van der Waals surface area contributed by atoms with Crippen LogP contribution in [0.5, 0.6) is 0 Å². The van der Waals surface area contributed by atoms with Crippen LogP contribution in [0.2, 0.25) is 0 Å². The normalized spacial score (nSPS) is 11.9. The third-order valence-electron chi connectivity index (χ3n) is 3.58. The van der Waals surface area contributed by atoms with Gasteiger partial charge in [0.2, 0.25) is 0 Å². The number of aryl methyl sites for hydroxylation is 2. The van der Waals surface area contributed by atoms with Crippen LogP contribution in [0, 0.1) is 13.8 Å². The van der Waals surface area contributed by atoms with E-state index in [2.05, 4.69) is 9.97 Å². The summed E-state index contributed by atoms with van der Waals surface area (Å²) >= 11 is 7.17. The molecule has 0 aliphatic carbocycles. The molecule has 1 N–H and O–H groups in total. The largest absolute Gasteiger partial charge is 0.544 e. The number of fused-ring (bicyclic) bond motifs is 1. The Labute approximate surface area is 146 Å². The number of aromatic amines is 1. The molecule has 0 fully saturated rings. The number of aromatic nitrogens is 2. The molecular formula is C17H12ClN2O3S-. The molecule has 3 aromatic rings. The van der Waals surface area contributed by atoms with E-state index in [4.69, 9.17) is 11.6 Å². The van der Waals surface area contributed by atoms with Gasteiger partial charge in [0, 0.05) is 0 Å². The lowest BCUT2D eigenvalue weighted by atomic mass is 10.1. The Hall–Kier alpha value is -2.44. The Morgan fingerprint density at radius 2 is 1.96 bits per heavy atom. The predicted octanol–water partition coefficient (Wildman–Crippen LogP) is 2.70. The lowest BCUT2D eigenvalue weighted by molar-refractivity contribution is -0.254. The fourth-order valence-corrected chi connectivity index (χ4v) is 3.56. The average Bonchev–Trinajstić information content (AvgIpc) is 2.87. The Morgan fingerprint density at radius 1 is 1.29 bits per heavy atom. The number of carbonyl (C=O) groups excluding carboxylic acids is 1. The van der Waals surface area contributed by atoms with Crippen LogP contribution < -0.4 is 10.7 Å². The zero-order valence-electron chi connectivity index (χ0n) is 12.8. The van der Waals surface area contributed by atoms with E-state index in [9.17, 15) is 14.7 Å². The molecule has 0 aliphatic rings. The highest BCUT2D eigenvalue weighted by molar-refractivity contribution is 7.20. The smallest absolute Gasteiger partial charge is 0.260 e. The summed E-state index contributed by atoms with van der Waals surface area (Å²) < 4.78 is 0. The fourth-order valence-electron chi connectivity index (χ4n) is 2.33. The van der Waals surface area contributed by atoms with Crippen molar-refractivity contribution in [2.45, 2.75) is 13.8 Å². The summed E-state index contributed by atoms with van der Waals surface area (Å²) in [5, 5.41) is 11.6. The zero-order chi connectivity index (χ0) is 17.4. The summed E-state index contributed by atoms with van der Waals surface area (Å²) in [6.45, 7) is 3.54. The number of benzene rings is 1. The van der Waals surface area contributed by atoms with Gasteiger partial charge in [0.25, 0.3) is 5.56 Å². The van der Waals surface area contributed by atoms with E-state index in [-0.39, 0.29) is 21.1 Å². The van der Waals surface area contributed by atoms with E-state index in [0.29, 0.717) is 10.4 Å². The van der Waals surface area contributed by atoms with Crippen molar-refractivity contribution in [3.05, 3.63) is 62.0 Å². The number of hydrogen-bond donors (Lipinski definition) is 1. The molecule has 3 rings (SSSR count). The number of nitrogens with one attached hydrogen (secondary N) is 1. The highest BCUT2D eigenvalue weighted by atomic mass is 35.5. The van der Waals surface area contributed by atoms with Crippen molar-refractivity contribution < 1.29 is 9.90 Å². The highest BCUT2D eigenvalue weighted by Crippen LogP contribution is 2.28. The van der Waals surface area contributed by atoms with Crippen molar-refractivity contribution >= 4 is 50.2 Å². The fraction of sp³-hybridized carbons (Fsp3) is 0.118. The molecule has 0 amide bonds. The van der Waals surface area contributed by atoms with Gasteiger partial charge in [0.1, 0.15) is 4.83 Å². The van der Waals surface area contributed by atoms with Crippen LogP contribution in [0.1, 0.15) is 32.2 Å². The predicted molar refractivity (Wildman–Crippen MR) is 94.2 cm³/mol. The quantitative estimate of drug-likeness (QED) is 0.779. The van der Waals surface area contributed by atoms with Gasteiger partial charge in [-0.25, -0.2) is 4.98 Å². The molecule has 0 radical (unpaired) electrons. The second kappa shape index (κ2) is 6.22. The monoisotopic (exact) mass is 359 g/mol. The summed E-state index contributed by atoms with van der Waals surface area (Å²) in [7, 11) is 0. The van der Waals surface area contributed by atoms with Gasteiger partial charge < -0.3 is 14.9 Å². The number of thiophene rings is 1. The summed E-state index contributed by atoms with van der Waals surface area (Å²) in [5.74, 6) is -1.13. The van der Waals surface area contributed by atoms with E-state index in [1.807, 2.05) is 31.2 Å². The van der Waals surface area contributed by atoms with E-state index in [1.165, 1.54) is 0 Å². The van der Waals surface area contributed by atoms with Crippen LogP contribution in [0.25, 0.3) is 21.3 Å². The molecular weight excluding hydrogens is 348 g/mol. The minimum absolute atomic E-state index is 0.00112. The number of carboxylic acid groups (broad SMARTS) is 1. The first-order chi connectivity index (χ1) is 11.4. The number of halogens is 1. The minimum Gasteiger partial charge on any atom is -0.544 e. The maximum absolute atomic E-state index is 12.3. The van der Waals surface area contributed by atoms with Crippen molar-refractivity contribution in [3.8, 4) is 0 Å². The second-order valence-corrected chi connectivity index (χ2v) is 6.75. The zero-order valence-corrected chi connectivity index (χ0v) is 14.4. The standard InChI is InChI=1S/C17H13ClN2O3S/c1-8-3-5-10(6-4-8)7-11(18)14-19-15(21)12-9(2)13(17(22)23)24-16(12)20-14/h3-7H,1-2H3,(H,22,23)(H,19,20,21)/p-1/b11-7-. The molecule has 0 aliphatic heterocycles. The molecule has 0 atom stereocenters. The van der Waals surface area contributed by atoms with Gasteiger partial charge in [0.15, 0.2) is 5.82 Å². The highest BCUT2D eigenvalue weighted by Gasteiger charge is 2.15. The van der Waals surface area contributed by atoms with Gasteiger partial charge >= 0.3 is 0 Å². The Kier molecular flexibility index (Phi) is 4.26. The maximum atomic E-state index is 12.3. The summed E-state index contributed by atoms with van der Waals surface area (Å²) in [6.07, 6.45) is 1.69. The average molecular weight is 360 g/mol. The molecule has 0 spiro atoms. The molecule has 0 bridgehead atoms. The third-order valence-corrected chi connectivity index (χ3v) is 5.04. The number of hydrogen-bond acceptors (Lipinski definition) is 5. The van der Waals surface area contributed by atoms with Crippen LogP contribution in [0.3, 0.4) is 0 Å². The summed E-state index contributed by atoms with van der Waals surface area (Å²) in [4.78, 5) is 30.6. The van der Waals surface area contributed by atoms with Crippen molar-refractivity contribution in [2.75, 3.05) is 0 Å². The van der Waals surface area contributed by atoms with E-state index < -0.39 is 11.5 Å². The summed E-state index contributed by atoms with van der Waals surface area (Å²) in [6, 6.07) is 7.70. The Balaban J connectivity index is 2.11. The molecule has 0 unspecified atom stereocenters. The SMILES string of the molecule is Cc1ccc(/C=C(\Cl)c2nc3sc(C(=O)[O-])c(C)c3c(=O)[nH]2)cc1. The van der Waals surface area contributed by atoms with Gasteiger partial charge in [-0.15, -0.1) is 11.3 Å². The Bertz CT molecular complexity index is 1030. The molecule has 7 heteroatoms. The van der Waals surface area contributed by atoms with Crippen molar-refractivity contribution in [1.82, 2.24) is 9.97 Å². The van der Waals surface area contributed by atoms with Gasteiger partial charge in [-0.05, 0) is 31.1 Å². The second-order valence-electron chi connectivity index (χ2n) is 5.34. The number of rotatable bonds is 3. The number of aromatic carboxylic acids is 1. The third kappa shape index (κ3) is 2.98. The van der Waals surface area contributed by atoms with Crippen LogP contribution in [-0.2, 0) is 0 Å². The lowest BCUT2D eigenvalue weighted by Gasteiger charge is -2.01. The van der Waals surface area contributed by atoms with E-state index in [1.54, 1.807) is 13.0 Å². The molecule has 2 aromatic heterocycles. The molecule has 2 heterocycles. The molecule has 1 aromatic carbocycles. The van der Waals surface area contributed by atoms with Crippen molar-refractivity contribution in [1.29, 1.82) is 0 Å².